The van der Waals surface area contributed by atoms with Crippen molar-refractivity contribution < 1.29 is 22.7 Å². The quantitative estimate of drug-likeness (QED) is 0.560. The zero-order valence-electron chi connectivity index (χ0n) is 12.5. The van der Waals surface area contributed by atoms with Crippen molar-refractivity contribution in [2.75, 3.05) is 23.5 Å². The number of rotatable bonds is 3. The average Bonchev–Trinajstić information content (AvgIpc) is 2.85. The Morgan fingerprint density at radius 2 is 1.96 bits per heavy atom. The number of sulfone groups is 1. The maximum Gasteiger partial charge on any atom is 0.337 e. The van der Waals surface area contributed by atoms with Crippen LogP contribution in [0.1, 0.15) is 16.8 Å². The van der Waals surface area contributed by atoms with E-state index >= 15 is 0 Å². The Hall–Kier alpha value is -1.02. The van der Waals surface area contributed by atoms with Crippen molar-refractivity contribution in [2.45, 2.75) is 16.3 Å². The molecule has 0 aromatic heterocycles. The SMILES string of the molecule is COC(=O)c1cccc(N(C(=O)C(Cl)(Cl)Cl)C2CCS(=O)(=O)C2)c1. The Balaban J connectivity index is 2.47. The molecule has 1 aliphatic rings. The second-order valence-corrected chi connectivity index (χ2v) is 9.78. The molecule has 1 saturated heterocycles. The number of carbonyl (C=O) groups is 2. The van der Waals surface area contributed by atoms with Gasteiger partial charge in [-0.25, -0.2) is 13.2 Å². The molecule has 1 amide bonds. The summed E-state index contributed by atoms with van der Waals surface area (Å²) in [6.07, 6.45) is 0.220. The van der Waals surface area contributed by atoms with Crippen LogP contribution in [0.3, 0.4) is 0 Å². The maximum atomic E-state index is 12.5. The Labute approximate surface area is 154 Å². The van der Waals surface area contributed by atoms with Gasteiger partial charge in [-0.05, 0) is 24.6 Å². The molecule has 1 atom stereocenters. The fourth-order valence-electron chi connectivity index (χ4n) is 2.51. The molecule has 1 unspecified atom stereocenters. The van der Waals surface area contributed by atoms with Crippen molar-refractivity contribution in [3.8, 4) is 0 Å². The molecular weight excluding hydrogens is 401 g/mol. The first-order valence-corrected chi connectivity index (χ1v) is 9.80. The number of alkyl halides is 3. The van der Waals surface area contributed by atoms with Gasteiger partial charge in [-0.3, -0.25) is 4.79 Å². The number of anilines is 1. The minimum atomic E-state index is -3.27. The highest BCUT2D eigenvalue weighted by Gasteiger charge is 2.42. The molecule has 0 aliphatic carbocycles. The second-order valence-electron chi connectivity index (χ2n) is 5.27. The van der Waals surface area contributed by atoms with Crippen LogP contribution in [0.4, 0.5) is 5.69 Å². The molecule has 0 radical (unpaired) electrons. The molecule has 1 heterocycles. The Morgan fingerprint density at radius 1 is 1.29 bits per heavy atom. The number of hydrogen-bond acceptors (Lipinski definition) is 5. The molecule has 0 bridgehead atoms. The number of nitrogens with zero attached hydrogens (tertiary/aromatic N) is 1. The molecule has 0 spiro atoms. The van der Waals surface area contributed by atoms with Crippen molar-refractivity contribution in [1.82, 2.24) is 0 Å². The van der Waals surface area contributed by atoms with E-state index in [0.29, 0.717) is 0 Å². The number of halogens is 3. The summed E-state index contributed by atoms with van der Waals surface area (Å²) >= 11 is 17.1. The first kappa shape index (κ1) is 19.3. The molecule has 0 saturated carbocycles. The summed E-state index contributed by atoms with van der Waals surface area (Å²) in [6, 6.07) is 5.28. The first-order chi connectivity index (χ1) is 11.0. The van der Waals surface area contributed by atoms with Crippen LogP contribution in [0.25, 0.3) is 0 Å². The smallest absolute Gasteiger partial charge is 0.337 e. The fourth-order valence-corrected chi connectivity index (χ4v) is 4.48. The highest BCUT2D eigenvalue weighted by molar-refractivity contribution is 7.91. The molecule has 1 aromatic rings. The number of ether oxygens (including phenoxy) is 1. The third-order valence-corrected chi connectivity index (χ3v) is 5.82. The lowest BCUT2D eigenvalue weighted by Gasteiger charge is -2.31. The lowest BCUT2D eigenvalue weighted by atomic mass is 10.1. The van der Waals surface area contributed by atoms with Gasteiger partial charge in [0.25, 0.3) is 9.70 Å². The standard InChI is InChI=1S/C14H14Cl3NO5S/c1-23-12(19)9-3-2-4-10(7-9)18(13(20)14(15,16)17)11-5-6-24(21,22)8-11/h2-4,7,11H,5-6,8H2,1H3. The topological polar surface area (TPSA) is 80.8 Å². The van der Waals surface area contributed by atoms with E-state index < -0.39 is 31.5 Å². The molecule has 1 aromatic carbocycles. The molecule has 1 aliphatic heterocycles. The van der Waals surface area contributed by atoms with Crippen LogP contribution >= 0.6 is 34.8 Å². The molecular formula is C14H14Cl3NO5S. The van der Waals surface area contributed by atoms with Gasteiger partial charge in [0.2, 0.25) is 0 Å². The largest absolute Gasteiger partial charge is 0.465 e. The van der Waals surface area contributed by atoms with Crippen molar-refractivity contribution in [3.05, 3.63) is 29.8 Å². The molecule has 1 fully saturated rings. The minimum Gasteiger partial charge on any atom is -0.465 e. The Bertz CT molecular complexity index is 760. The number of esters is 1. The van der Waals surface area contributed by atoms with Crippen LogP contribution in [0, 0.1) is 0 Å². The maximum absolute atomic E-state index is 12.5. The van der Waals surface area contributed by atoms with Crippen LogP contribution < -0.4 is 4.90 Å². The molecule has 6 nitrogen and oxygen atoms in total. The third kappa shape index (κ3) is 4.33. The van der Waals surface area contributed by atoms with E-state index in [9.17, 15) is 18.0 Å². The summed E-state index contributed by atoms with van der Waals surface area (Å²) in [7, 11) is -2.05. The Morgan fingerprint density at radius 3 is 2.46 bits per heavy atom. The summed E-state index contributed by atoms with van der Waals surface area (Å²) in [5.74, 6) is -1.77. The number of methoxy groups -OCH3 is 1. The second kappa shape index (κ2) is 7.07. The van der Waals surface area contributed by atoms with Gasteiger partial charge in [0.15, 0.2) is 9.84 Å². The van der Waals surface area contributed by atoms with E-state index in [1.807, 2.05) is 0 Å². The number of hydrogen-bond donors (Lipinski definition) is 0. The van der Waals surface area contributed by atoms with E-state index in [1.54, 1.807) is 0 Å². The highest BCUT2D eigenvalue weighted by Crippen LogP contribution is 2.34. The van der Waals surface area contributed by atoms with Crippen LogP contribution in [0.2, 0.25) is 0 Å². The predicted molar refractivity (Wildman–Crippen MR) is 92.6 cm³/mol. The van der Waals surface area contributed by atoms with Crippen molar-refractivity contribution in [3.63, 3.8) is 0 Å². The van der Waals surface area contributed by atoms with E-state index in [0.717, 1.165) is 4.90 Å². The van der Waals surface area contributed by atoms with Crippen molar-refractivity contribution in [2.24, 2.45) is 0 Å². The van der Waals surface area contributed by atoms with Gasteiger partial charge in [0.05, 0.1) is 30.2 Å². The highest BCUT2D eigenvalue weighted by atomic mass is 35.6. The van der Waals surface area contributed by atoms with Gasteiger partial charge in [0, 0.05) is 5.69 Å². The summed E-state index contributed by atoms with van der Waals surface area (Å²) in [5.41, 5.74) is 0.453. The third-order valence-electron chi connectivity index (χ3n) is 3.58. The average molecular weight is 415 g/mol. The van der Waals surface area contributed by atoms with E-state index in [4.69, 9.17) is 34.8 Å². The van der Waals surface area contributed by atoms with E-state index in [1.165, 1.54) is 31.4 Å². The van der Waals surface area contributed by atoms with Crippen molar-refractivity contribution in [1.29, 1.82) is 0 Å². The van der Waals surface area contributed by atoms with Crippen LogP contribution in [0.15, 0.2) is 24.3 Å². The monoisotopic (exact) mass is 413 g/mol. The molecule has 2 rings (SSSR count). The molecule has 132 valence electrons. The van der Waals surface area contributed by atoms with E-state index in [-0.39, 0.29) is 29.2 Å². The molecule has 24 heavy (non-hydrogen) atoms. The van der Waals surface area contributed by atoms with Gasteiger partial charge >= 0.3 is 5.97 Å². The number of amides is 1. The summed E-state index contributed by atoms with van der Waals surface area (Å²) in [4.78, 5) is 25.3. The van der Waals surface area contributed by atoms with Gasteiger partial charge in [0.1, 0.15) is 0 Å². The number of benzene rings is 1. The molecule has 0 N–H and O–H groups in total. The first-order valence-electron chi connectivity index (χ1n) is 6.84. The predicted octanol–water partition coefficient (Wildman–Crippen LogP) is 2.36. The molecule has 10 heteroatoms. The minimum absolute atomic E-state index is 0.0575. The van der Waals surface area contributed by atoms with Crippen LogP contribution in [-0.4, -0.2) is 48.7 Å². The fraction of sp³-hybridized carbons (Fsp3) is 0.429. The van der Waals surface area contributed by atoms with Gasteiger partial charge in [-0.15, -0.1) is 0 Å². The zero-order chi connectivity index (χ0) is 18.1. The zero-order valence-corrected chi connectivity index (χ0v) is 15.6. The normalized spacial score (nSPS) is 19.8. The lowest BCUT2D eigenvalue weighted by Crippen LogP contribution is -2.47. The summed E-state index contributed by atoms with van der Waals surface area (Å²) < 4.78 is 25.9. The van der Waals surface area contributed by atoms with Gasteiger partial charge in [-0.2, -0.15) is 0 Å². The van der Waals surface area contributed by atoms with Gasteiger partial charge in [-0.1, -0.05) is 40.9 Å². The van der Waals surface area contributed by atoms with Gasteiger partial charge < -0.3 is 9.64 Å². The van der Waals surface area contributed by atoms with Crippen LogP contribution in [-0.2, 0) is 19.4 Å². The number of carbonyl (C=O) groups excluding carboxylic acids is 2. The van der Waals surface area contributed by atoms with E-state index in [2.05, 4.69) is 4.74 Å². The Kier molecular flexibility index (Phi) is 5.69. The summed E-state index contributed by atoms with van der Waals surface area (Å²) in [5, 5.41) is 0. The summed E-state index contributed by atoms with van der Waals surface area (Å²) in [6.45, 7) is 0. The van der Waals surface area contributed by atoms with Crippen LogP contribution in [0.5, 0.6) is 0 Å². The van der Waals surface area contributed by atoms with Crippen molar-refractivity contribution >= 4 is 62.2 Å². The lowest BCUT2D eigenvalue weighted by molar-refractivity contribution is -0.118.